The van der Waals surface area contributed by atoms with Gasteiger partial charge in [0.05, 0.1) is 20.8 Å². The molecule has 2 amide bonds. The molecule has 0 spiro atoms. The van der Waals surface area contributed by atoms with E-state index in [-0.39, 0.29) is 27.2 Å². The van der Waals surface area contributed by atoms with Crippen LogP contribution in [0.15, 0.2) is 51.8 Å². The first-order valence-corrected chi connectivity index (χ1v) is 13.2. The Morgan fingerprint density at radius 1 is 1.18 bits per heavy atom. The summed E-state index contributed by atoms with van der Waals surface area (Å²) >= 11 is 13.1. The molecule has 4 aromatic rings. The van der Waals surface area contributed by atoms with Crippen LogP contribution < -0.4 is 16.3 Å². The smallest absolute Gasteiger partial charge is 0.348 e. The number of carbonyl (C=O) groups is 2. The Bertz CT molecular complexity index is 1570. The van der Waals surface area contributed by atoms with E-state index in [1.807, 2.05) is 18.2 Å². The van der Waals surface area contributed by atoms with Gasteiger partial charge in [-0.05, 0) is 56.7 Å². The number of fused-ring (bicyclic) bond motifs is 1. The van der Waals surface area contributed by atoms with Crippen LogP contribution in [0.2, 0.25) is 8.67 Å². The minimum Gasteiger partial charge on any atom is -0.389 e. The molecule has 0 saturated carbocycles. The molecule has 0 bridgehead atoms. The van der Waals surface area contributed by atoms with Gasteiger partial charge in [-0.2, -0.15) is 4.98 Å². The van der Waals surface area contributed by atoms with Crippen LogP contribution in [0.5, 0.6) is 0 Å². The maximum Gasteiger partial charge on any atom is 0.348 e. The largest absolute Gasteiger partial charge is 0.389 e. The lowest BCUT2D eigenvalue weighted by atomic mass is 10.0. The second-order valence-electron chi connectivity index (χ2n) is 9.18. The van der Waals surface area contributed by atoms with Gasteiger partial charge in [0, 0.05) is 37.6 Å². The van der Waals surface area contributed by atoms with Crippen LogP contribution in [0.1, 0.15) is 35.5 Å². The van der Waals surface area contributed by atoms with Gasteiger partial charge in [-0.3, -0.25) is 14.6 Å². The summed E-state index contributed by atoms with van der Waals surface area (Å²) in [6, 6.07) is 10.3. The van der Waals surface area contributed by atoms with E-state index in [1.54, 1.807) is 51.0 Å². The average molecular weight is 574 g/mol. The summed E-state index contributed by atoms with van der Waals surface area (Å²) in [7, 11) is 1.70. The number of aryl methyl sites for hydroxylation is 1. The van der Waals surface area contributed by atoms with Crippen LogP contribution in [0, 0.1) is 6.92 Å². The van der Waals surface area contributed by atoms with E-state index in [4.69, 9.17) is 27.6 Å². The molecule has 0 atom stereocenters. The zero-order valence-corrected chi connectivity index (χ0v) is 23.4. The maximum absolute atomic E-state index is 13.1. The molecule has 2 N–H and O–H groups in total. The molecular weight excluding hydrogens is 549 g/mol. The number of amides is 2. The average Bonchev–Trinajstić information content (AvgIpc) is 3.21. The summed E-state index contributed by atoms with van der Waals surface area (Å²) in [4.78, 5) is 49.0. The van der Waals surface area contributed by atoms with Crippen molar-refractivity contribution in [1.29, 1.82) is 0 Å². The van der Waals surface area contributed by atoms with Gasteiger partial charge in [-0.15, -0.1) is 11.3 Å². The molecule has 0 fully saturated rings. The van der Waals surface area contributed by atoms with E-state index >= 15 is 0 Å². The number of rotatable bonds is 8. The fourth-order valence-electron chi connectivity index (χ4n) is 3.92. The Kier molecular flexibility index (Phi) is 8.05. The number of hydrogen-bond donors (Lipinski definition) is 2. The monoisotopic (exact) mass is 573 g/mol. The fraction of sp³-hybridized carbons (Fsp3) is 0.269. The number of nitrogens with one attached hydrogen (secondary N) is 2. The van der Waals surface area contributed by atoms with Gasteiger partial charge in [0.15, 0.2) is 0 Å². The summed E-state index contributed by atoms with van der Waals surface area (Å²) in [5.74, 6) is -0.664. The van der Waals surface area contributed by atoms with Crippen molar-refractivity contribution in [2.24, 2.45) is 0 Å². The molecule has 3 aromatic heterocycles. The third-order valence-corrected chi connectivity index (χ3v) is 7.43. The van der Waals surface area contributed by atoms with E-state index in [1.165, 1.54) is 6.07 Å². The lowest BCUT2D eigenvalue weighted by molar-refractivity contribution is -0.133. The van der Waals surface area contributed by atoms with Crippen LogP contribution in [-0.2, 0) is 11.2 Å². The molecule has 38 heavy (non-hydrogen) atoms. The summed E-state index contributed by atoms with van der Waals surface area (Å²) < 4.78 is 6.08. The van der Waals surface area contributed by atoms with Gasteiger partial charge < -0.3 is 20.0 Å². The number of anilines is 2. The number of carbonyl (C=O) groups excluding carboxylic acids is 2. The van der Waals surface area contributed by atoms with Crippen molar-refractivity contribution in [3.05, 3.63) is 78.5 Å². The summed E-state index contributed by atoms with van der Waals surface area (Å²) in [6.45, 7) is 5.51. The van der Waals surface area contributed by atoms with E-state index in [9.17, 15) is 14.4 Å². The number of pyridine rings is 1. The fourth-order valence-corrected chi connectivity index (χ4v) is 5.38. The van der Waals surface area contributed by atoms with Crippen molar-refractivity contribution in [3.8, 4) is 0 Å². The SMILES string of the molecule is Cc1c(NC(=O)c2cc(Cl)sc2Cl)ccc2nc(NC(C)(C)C(=O)N(C)CCc3ccccn3)oc(=O)c12. The standard InChI is InChI=1S/C26H25Cl2N5O4S/c1-14-17(30-22(34)16-13-19(27)38-21(16)28)8-9-18-20(14)23(35)37-25(31-18)32-26(2,3)24(36)33(4)12-10-15-7-5-6-11-29-15/h5-9,11,13H,10,12H2,1-4H3,(H,30,34)(H,31,32). The topological polar surface area (TPSA) is 117 Å². The van der Waals surface area contributed by atoms with Gasteiger partial charge >= 0.3 is 5.63 Å². The first kappa shape index (κ1) is 27.6. The quantitative estimate of drug-likeness (QED) is 0.289. The molecule has 4 rings (SSSR count). The first-order valence-electron chi connectivity index (χ1n) is 11.6. The van der Waals surface area contributed by atoms with Crippen molar-refractivity contribution in [1.82, 2.24) is 14.9 Å². The van der Waals surface area contributed by atoms with Crippen molar-refractivity contribution in [2.75, 3.05) is 24.2 Å². The van der Waals surface area contributed by atoms with Crippen LogP contribution in [0.25, 0.3) is 10.9 Å². The second kappa shape index (κ2) is 11.1. The number of likely N-dealkylation sites (N-methyl/N-ethyl adjacent to an activating group) is 1. The van der Waals surface area contributed by atoms with Gasteiger partial charge in [0.25, 0.3) is 11.9 Å². The summed E-state index contributed by atoms with van der Waals surface area (Å²) in [5.41, 5.74) is 0.582. The Labute approximate surface area is 232 Å². The molecule has 9 nitrogen and oxygen atoms in total. The molecule has 12 heteroatoms. The van der Waals surface area contributed by atoms with Crippen LogP contribution in [0.4, 0.5) is 11.7 Å². The van der Waals surface area contributed by atoms with Gasteiger partial charge in [0.1, 0.15) is 9.88 Å². The molecule has 0 unspecified atom stereocenters. The molecule has 0 aliphatic heterocycles. The summed E-state index contributed by atoms with van der Waals surface area (Å²) in [6.07, 6.45) is 2.32. The normalized spacial score (nSPS) is 11.4. The molecule has 0 aliphatic rings. The highest BCUT2D eigenvalue weighted by Crippen LogP contribution is 2.32. The van der Waals surface area contributed by atoms with Crippen molar-refractivity contribution >= 4 is 69.0 Å². The number of aromatic nitrogens is 2. The van der Waals surface area contributed by atoms with Gasteiger partial charge in [0.2, 0.25) is 5.91 Å². The Morgan fingerprint density at radius 2 is 1.95 bits per heavy atom. The number of nitrogens with zero attached hydrogens (tertiary/aromatic N) is 3. The second-order valence-corrected chi connectivity index (χ2v) is 11.5. The summed E-state index contributed by atoms with van der Waals surface area (Å²) in [5, 5.41) is 5.90. The zero-order chi connectivity index (χ0) is 27.6. The third-order valence-electron chi connectivity index (χ3n) is 5.94. The van der Waals surface area contributed by atoms with Crippen LogP contribution in [0.3, 0.4) is 0 Å². The van der Waals surface area contributed by atoms with Gasteiger partial charge in [-0.25, -0.2) is 4.79 Å². The predicted octanol–water partition coefficient (Wildman–Crippen LogP) is 5.40. The van der Waals surface area contributed by atoms with E-state index in [0.29, 0.717) is 34.1 Å². The lowest BCUT2D eigenvalue weighted by Gasteiger charge is -2.30. The van der Waals surface area contributed by atoms with Crippen molar-refractivity contribution < 1.29 is 14.0 Å². The molecule has 0 aliphatic carbocycles. The zero-order valence-electron chi connectivity index (χ0n) is 21.1. The van der Waals surface area contributed by atoms with E-state index in [0.717, 1.165) is 17.0 Å². The number of benzene rings is 1. The molecule has 3 heterocycles. The highest BCUT2D eigenvalue weighted by atomic mass is 35.5. The van der Waals surface area contributed by atoms with E-state index in [2.05, 4.69) is 20.6 Å². The van der Waals surface area contributed by atoms with Crippen molar-refractivity contribution in [2.45, 2.75) is 32.7 Å². The Morgan fingerprint density at radius 3 is 2.61 bits per heavy atom. The number of halogens is 2. The van der Waals surface area contributed by atoms with E-state index < -0.39 is 17.1 Å². The number of hydrogen-bond acceptors (Lipinski definition) is 8. The van der Waals surface area contributed by atoms with Gasteiger partial charge in [-0.1, -0.05) is 29.3 Å². The third kappa shape index (κ3) is 5.98. The molecule has 1 aromatic carbocycles. The van der Waals surface area contributed by atoms with Crippen molar-refractivity contribution in [3.63, 3.8) is 0 Å². The molecule has 0 saturated heterocycles. The maximum atomic E-state index is 13.1. The minimum atomic E-state index is -1.11. The highest BCUT2D eigenvalue weighted by Gasteiger charge is 2.32. The molecular formula is C26H25Cl2N5O4S. The first-order chi connectivity index (χ1) is 18.0. The Balaban J connectivity index is 1.51. The highest BCUT2D eigenvalue weighted by molar-refractivity contribution is 7.20. The predicted molar refractivity (Wildman–Crippen MR) is 151 cm³/mol. The molecule has 0 radical (unpaired) electrons. The Hall–Kier alpha value is -3.47. The van der Waals surface area contributed by atoms with Crippen LogP contribution >= 0.6 is 34.5 Å². The van der Waals surface area contributed by atoms with Crippen LogP contribution in [-0.4, -0.2) is 45.8 Å². The molecule has 198 valence electrons. The lowest BCUT2D eigenvalue weighted by Crippen LogP contribution is -2.49. The number of thiophene rings is 1. The minimum absolute atomic E-state index is 0.0881.